The highest BCUT2D eigenvalue weighted by Crippen LogP contribution is 2.37. The summed E-state index contributed by atoms with van der Waals surface area (Å²) in [7, 11) is 0. The zero-order valence-electron chi connectivity index (χ0n) is 17.0. The van der Waals surface area contributed by atoms with E-state index >= 15 is 0 Å². The van der Waals surface area contributed by atoms with Crippen LogP contribution in [0, 0.1) is 11.6 Å². The average molecular weight is 464 g/mol. The van der Waals surface area contributed by atoms with Crippen LogP contribution in [-0.4, -0.2) is 20.7 Å². The van der Waals surface area contributed by atoms with Crippen LogP contribution in [0.25, 0.3) is 5.70 Å². The van der Waals surface area contributed by atoms with Crippen LogP contribution >= 0.6 is 11.6 Å². The predicted molar refractivity (Wildman–Crippen MR) is 122 cm³/mol. The second-order valence-corrected chi connectivity index (χ2v) is 7.72. The summed E-state index contributed by atoms with van der Waals surface area (Å²) in [6.07, 6.45) is 1.80. The number of carbonyl (C=O) groups is 1. The highest BCUT2D eigenvalue weighted by molar-refractivity contribution is 6.31. The van der Waals surface area contributed by atoms with Gasteiger partial charge in [0.2, 0.25) is 5.95 Å². The molecule has 164 valence electrons. The average Bonchev–Trinajstić information content (AvgIpc) is 3.22. The highest BCUT2D eigenvalue weighted by atomic mass is 35.5. The van der Waals surface area contributed by atoms with Crippen LogP contribution in [-0.2, 0) is 0 Å². The number of fused-ring (bicyclic) bond motifs is 1. The molecule has 6 nitrogen and oxygen atoms in total. The lowest BCUT2D eigenvalue weighted by atomic mass is 10.0. The maximum atomic E-state index is 14.8. The number of benzene rings is 3. The Kier molecular flexibility index (Phi) is 5.35. The molecule has 3 aromatic carbocycles. The Morgan fingerprint density at radius 1 is 1.00 bits per heavy atom. The van der Waals surface area contributed by atoms with Crippen LogP contribution in [0.2, 0.25) is 5.02 Å². The molecule has 0 fully saturated rings. The summed E-state index contributed by atoms with van der Waals surface area (Å²) < 4.78 is 29.5. The van der Waals surface area contributed by atoms with Crippen molar-refractivity contribution >= 4 is 35.1 Å². The van der Waals surface area contributed by atoms with Crippen LogP contribution in [0.5, 0.6) is 0 Å². The van der Waals surface area contributed by atoms with Crippen molar-refractivity contribution in [3.05, 3.63) is 112 Å². The highest BCUT2D eigenvalue weighted by Gasteiger charge is 2.29. The van der Waals surface area contributed by atoms with Gasteiger partial charge < -0.3 is 5.32 Å². The molecular weight excluding hydrogens is 448 g/mol. The van der Waals surface area contributed by atoms with Gasteiger partial charge in [-0.25, -0.2) is 13.5 Å². The van der Waals surface area contributed by atoms with E-state index in [1.54, 1.807) is 12.1 Å². The molecule has 1 unspecified atom stereocenters. The Morgan fingerprint density at radius 2 is 1.76 bits per heavy atom. The zero-order chi connectivity index (χ0) is 22.9. The lowest BCUT2D eigenvalue weighted by Crippen LogP contribution is -2.21. The third-order valence-corrected chi connectivity index (χ3v) is 5.51. The number of amides is 1. The molecule has 1 aliphatic heterocycles. The van der Waals surface area contributed by atoms with E-state index in [1.165, 1.54) is 41.1 Å². The number of halogens is 3. The molecule has 0 saturated carbocycles. The van der Waals surface area contributed by atoms with Gasteiger partial charge in [-0.3, -0.25) is 10.1 Å². The van der Waals surface area contributed by atoms with Crippen LogP contribution in [0.3, 0.4) is 0 Å². The molecule has 1 amide bonds. The first-order valence-electron chi connectivity index (χ1n) is 10.0. The van der Waals surface area contributed by atoms with E-state index in [1.807, 2.05) is 30.3 Å². The van der Waals surface area contributed by atoms with Gasteiger partial charge in [-0.1, -0.05) is 48.0 Å². The summed E-state index contributed by atoms with van der Waals surface area (Å²) in [6, 6.07) is 18.3. The number of anilines is 2. The van der Waals surface area contributed by atoms with E-state index < -0.39 is 23.6 Å². The van der Waals surface area contributed by atoms with Gasteiger partial charge in [0.15, 0.2) is 0 Å². The van der Waals surface area contributed by atoms with Gasteiger partial charge in [0.25, 0.3) is 11.9 Å². The van der Waals surface area contributed by atoms with Gasteiger partial charge in [0.1, 0.15) is 17.7 Å². The fourth-order valence-electron chi connectivity index (χ4n) is 3.61. The first-order valence-corrected chi connectivity index (χ1v) is 10.4. The Morgan fingerprint density at radius 3 is 2.48 bits per heavy atom. The first kappa shape index (κ1) is 20.8. The molecule has 2 N–H and O–H groups in total. The Bertz CT molecular complexity index is 1350. The number of allylic oxidation sites excluding steroid dienone is 1. The second kappa shape index (κ2) is 8.48. The van der Waals surface area contributed by atoms with Crippen molar-refractivity contribution in [3.8, 4) is 0 Å². The molecule has 2 heterocycles. The maximum absolute atomic E-state index is 14.8. The lowest BCUT2D eigenvalue weighted by Gasteiger charge is -2.25. The Balaban J connectivity index is 1.54. The normalized spacial score (nSPS) is 14.8. The molecule has 1 aromatic heterocycles. The quantitative estimate of drug-likeness (QED) is 0.418. The topological polar surface area (TPSA) is 71.8 Å². The minimum Gasteiger partial charge on any atom is -0.324 e. The molecule has 0 aliphatic carbocycles. The molecule has 0 radical (unpaired) electrons. The predicted octanol–water partition coefficient (Wildman–Crippen LogP) is 5.52. The number of aromatic nitrogens is 3. The van der Waals surface area contributed by atoms with E-state index in [2.05, 4.69) is 20.7 Å². The molecule has 9 heteroatoms. The van der Waals surface area contributed by atoms with Gasteiger partial charge >= 0.3 is 0 Å². The van der Waals surface area contributed by atoms with Crippen LogP contribution in [0.4, 0.5) is 20.7 Å². The SMILES string of the molecule is O=C(Nc1nc2n(n1)C(c1c(F)cccc1Cl)C=C(c1ccccc1)N2)c1ccc(F)cc1. The Hall–Kier alpha value is -4.04. The molecule has 0 spiro atoms. The number of hydrogen-bond acceptors (Lipinski definition) is 4. The van der Waals surface area contributed by atoms with Gasteiger partial charge in [-0.2, -0.15) is 4.98 Å². The third-order valence-electron chi connectivity index (χ3n) is 5.18. The van der Waals surface area contributed by atoms with E-state index in [4.69, 9.17) is 11.6 Å². The van der Waals surface area contributed by atoms with Gasteiger partial charge in [0, 0.05) is 21.8 Å². The van der Waals surface area contributed by atoms with Crippen molar-refractivity contribution in [1.82, 2.24) is 14.8 Å². The second-order valence-electron chi connectivity index (χ2n) is 7.32. The lowest BCUT2D eigenvalue weighted by molar-refractivity contribution is 0.102. The first-order chi connectivity index (χ1) is 16.0. The number of rotatable bonds is 4. The van der Waals surface area contributed by atoms with Gasteiger partial charge in [-0.05, 0) is 48.0 Å². The monoisotopic (exact) mass is 463 g/mol. The molecule has 0 saturated heterocycles. The molecule has 33 heavy (non-hydrogen) atoms. The van der Waals surface area contributed by atoms with E-state index in [0.717, 1.165) is 5.56 Å². The van der Waals surface area contributed by atoms with Crippen molar-refractivity contribution in [3.63, 3.8) is 0 Å². The molecule has 0 bridgehead atoms. The number of nitrogens with one attached hydrogen (secondary N) is 2. The molecule has 1 atom stereocenters. The summed E-state index contributed by atoms with van der Waals surface area (Å²) in [5, 5.41) is 10.4. The molecular formula is C24H16ClF2N5O. The van der Waals surface area contributed by atoms with Gasteiger partial charge in [-0.15, -0.1) is 5.10 Å². The summed E-state index contributed by atoms with van der Waals surface area (Å²) in [5.41, 5.74) is 2.03. The minimum atomic E-state index is -0.714. The van der Waals surface area contributed by atoms with E-state index in [9.17, 15) is 13.6 Å². The maximum Gasteiger partial charge on any atom is 0.258 e. The van der Waals surface area contributed by atoms with Crippen molar-refractivity contribution in [2.24, 2.45) is 0 Å². The minimum absolute atomic E-state index is 0.00648. The third kappa shape index (κ3) is 4.08. The summed E-state index contributed by atoms with van der Waals surface area (Å²) >= 11 is 6.36. The van der Waals surface area contributed by atoms with Crippen LogP contribution in [0.15, 0.2) is 78.9 Å². The smallest absolute Gasteiger partial charge is 0.258 e. The van der Waals surface area contributed by atoms with Crippen LogP contribution < -0.4 is 10.6 Å². The standard InChI is InChI=1S/C24H16ClF2N5O/c25-17-7-4-8-18(27)21(17)20-13-19(14-5-2-1-3-6-14)28-24-30-23(31-32(20)24)29-22(33)15-9-11-16(26)12-10-15/h1-13,20H,(H2,28,29,30,31,33). The van der Waals surface area contributed by atoms with Crippen molar-refractivity contribution in [2.75, 3.05) is 10.6 Å². The summed E-state index contributed by atoms with van der Waals surface area (Å²) in [4.78, 5) is 16.9. The van der Waals surface area contributed by atoms with E-state index in [0.29, 0.717) is 11.6 Å². The van der Waals surface area contributed by atoms with Gasteiger partial charge in [0.05, 0.1) is 0 Å². The number of nitrogens with zero attached hydrogens (tertiary/aromatic N) is 3. The van der Waals surface area contributed by atoms with Crippen molar-refractivity contribution in [2.45, 2.75) is 6.04 Å². The van der Waals surface area contributed by atoms with Crippen molar-refractivity contribution in [1.29, 1.82) is 0 Å². The number of hydrogen-bond donors (Lipinski definition) is 2. The molecule has 4 aromatic rings. The molecule has 1 aliphatic rings. The van der Waals surface area contributed by atoms with E-state index in [-0.39, 0.29) is 22.1 Å². The fraction of sp³-hybridized carbons (Fsp3) is 0.0417. The van der Waals surface area contributed by atoms with Crippen LogP contribution in [0.1, 0.15) is 27.5 Å². The number of carbonyl (C=O) groups excluding carboxylic acids is 1. The summed E-state index contributed by atoms with van der Waals surface area (Å²) in [6.45, 7) is 0. The largest absolute Gasteiger partial charge is 0.324 e. The molecule has 5 rings (SSSR count). The van der Waals surface area contributed by atoms with Crippen molar-refractivity contribution < 1.29 is 13.6 Å². The zero-order valence-corrected chi connectivity index (χ0v) is 17.7. The fourth-order valence-corrected chi connectivity index (χ4v) is 3.88. The summed E-state index contributed by atoms with van der Waals surface area (Å²) in [5.74, 6) is -1.14. The Labute approximate surface area is 192 Å².